The van der Waals surface area contributed by atoms with E-state index >= 15 is 0 Å². The molecule has 304 valence electrons. The van der Waals surface area contributed by atoms with E-state index in [-0.39, 0.29) is 26.1 Å². The maximum absolute atomic E-state index is 12.6. The number of phosphoric ester groups is 1. The molecule has 1 N–H and O–H groups in total. The van der Waals surface area contributed by atoms with Gasteiger partial charge < -0.3 is 18.9 Å². The molecule has 0 heterocycles. The van der Waals surface area contributed by atoms with Gasteiger partial charge in [0.15, 0.2) is 6.10 Å². The lowest BCUT2D eigenvalue weighted by Gasteiger charge is -2.24. The van der Waals surface area contributed by atoms with Crippen molar-refractivity contribution in [2.45, 2.75) is 174 Å². The molecule has 0 aliphatic rings. The summed E-state index contributed by atoms with van der Waals surface area (Å²) in [6.07, 6.45) is 37.9. The molecule has 0 aliphatic heterocycles. The van der Waals surface area contributed by atoms with Crippen LogP contribution in [0.1, 0.15) is 168 Å². The molecule has 0 radical (unpaired) electrons. The van der Waals surface area contributed by atoms with Crippen molar-refractivity contribution < 1.29 is 42.1 Å². The molecule has 0 aromatic heterocycles. The van der Waals surface area contributed by atoms with Crippen molar-refractivity contribution in [3.05, 3.63) is 36.5 Å². The van der Waals surface area contributed by atoms with E-state index in [1.54, 1.807) is 0 Å². The molecule has 2 unspecified atom stereocenters. The number of carbonyl (C=O) groups is 2. The Labute approximate surface area is 319 Å². The van der Waals surface area contributed by atoms with E-state index in [0.29, 0.717) is 23.9 Å². The van der Waals surface area contributed by atoms with Gasteiger partial charge in [-0.1, -0.05) is 147 Å². The summed E-state index contributed by atoms with van der Waals surface area (Å²) in [6, 6.07) is 0. The second-order valence-corrected chi connectivity index (χ2v) is 16.5. The lowest BCUT2D eigenvalue weighted by Crippen LogP contribution is -2.37. The second kappa shape index (κ2) is 35.0. The molecular formula is C42H79NO8P+. The first-order valence-corrected chi connectivity index (χ1v) is 22.2. The van der Waals surface area contributed by atoms with Gasteiger partial charge in [-0.2, -0.15) is 0 Å². The van der Waals surface area contributed by atoms with Crippen LogP contribution in [0, 0.1) is 0 Å². The Morgan fingerprint density at radius 2 is 1.04 bits per heavy atom. The van der Waals surface area contributed by atoms with Crippen LogP contribution in [-0.4, -0.2) is 74.9 Å². The average molecular weight is 757 g/mol. The molecule has 0 rings (SSSR count). The Balaban J connectivity index is 4.52. The van der Waals surface area contributed by atoms with Gasteiger partial charge in [0.25, 0.3) is 0 Å². The number of ether oxygens (including phenoxy) is 2. The first-order valence-electron chi connectivity index (χ1n) is 20.7. The number of hydrogen-bond acceptors (Lipinski definition) is 7. The molecule has 0 fully saturated rings. The van der Waals surface area contributed by atoms with E-state index in [0.717, 1.165) is 25.7 Å². The van der Waals surface area contributed by atoms with E-state index < -0.39 is 32.5 Å². The SMILES string of the molecule is CCCCCCCCCC/C=C\C/C=C\CCC(=O)OC(COC(=O)CC/C=C\CCCCCCCCCCC)COP(=O)(O)OCC[N+](C)(C)C. The molecule has 0 aliphatic carbocycles. The van der Waals surface area contributed by atoms with Crippen LogP contribution in [-0.2, 0) is 32.7 Å². The number of rotatable bonds is 37. The van der Waals surface area contributed by atoms with Gasteiger partial charge in [0.2, 0.25) is 0 Å². The van der Waals surface area contributed by atoms with Crippen LogP contribution in [0.2, 0.25) is 0 Å². The predicted molar refractivity (Wildman–Crippen MR) is 215 cm³/mol. The number of unbranched alkanes of at least 4 members (excludes halogenated alkanes) is 17. The Morgan fingerprint density at radius 1 is 0.596 bits per heavy atom. The molecule has 10 heteroatoms. The summed E-state index contributed by atoms with van der Waals surface area (Å²) in [5, 5.41) is 0. The Hall–Kier alpha value is -1.77. The van der Waals surface area contributed by atoms with Crippen LogP contribution >= 0.6 is 7.82 Å². The summed E-state index contributed by atoms with van der Waals surface area (Å²) in [5.74, 6) is -0.934. The molecule has 0 saturated heterocycles. The normalized spacial score (nSPS) is 14.0. The minimum absolute atomic E-state index is 0.0179. The predicted octanol–water partition coefficient (Wildman–Crippen LogP) is 11.4. The largest absolute Gasteiger partial charge is 0.472 e. The van der Waals surface area contributed by atoms with Crippen molar-refractivity contribution in [2.24, 2.45) is 0 Å². The number of likely N-dealkylation sites (N-methyl/N-ethyl adjacent to an activating group) is 1. The van der Waals surface area contributed by atoms with Gasteiger partial charge in [0, 0.05) is 12.8 Å². The third-order valence-electron chi connectivity index (χ3n) is 8.67. The van der Waals surface area contributed by atoms with E-state index in [1.807, 2.05) is 39.4 Å². The average Bonchev–Trinajstić information content (AvgIpc) is 3.09. The van der Waals surface area contributed by atoms with Crippen LogP contribution in [0.3, 0.4) is 0 Å². The number of carbonyl (C=O) groups excluding carboxylic acids is 2. The van der Waals surface area contributed by atoms with Crippen LogP contribution in [0.25, 0.3) is 0 Å². The van der Waals surface area contributed by atoms with Gasteiger partial charge in [-0.15, -0.1) is 0 Å². The fraction of sp³-hybridized carbons (Fsp3) is 0.810. The zero-order valence-electron chi connectivity index (χ0n) is 34.0. The van der Waals surface area contributed by atoms with E-state index in [2.05, 4.69) is 32.1 Å². The summed E-state index contributed by atoms with van der Waals surface area (Å²) in [6.45, 7) is 4.30. The van der Waals surface area contributed by atoms with Crippen molar-refractivity contribution in [1.29, 1.82) is 0 Å². The zero-order valence-corrected chi connectivity index (χ0v) is 34.9. The highest BCUT2D eigenvalue weighted by molar-refractivity contribution is 7.47. The topological polar surface area (TPSA) is 108 Å². The molecule has 0 bridgehead atoms. The van der Waals surface area contributed by atoms with Crippen LogP contribution < -0.4 is 0 Å². The smallest absolute Gasteiger partial charge is 0.462 e. The lowest BCUT2D eigenvalue weighted by molar-refractivity contribution is -0.870. The first kappa shape index (κ1) is 50.2. The highest BCUT2D eigenvalue weighted by atomic mass is 31.2. The van der Waals surface area contributed by atoms with E-state index in [9.17, 15) is 19.0 Å². The van der Waals surface area contributed by atoms with Gasteiger partial charge in [0.1, 0.15) is 19.8 Å². The van der Waals surface area contributed by atoms with Gasteiger partial charge in [0.05, 0.1) is 27.7 Å². The van der Waals surface area contributed by atoms with Crippen molar-refractivity contribution in [3.8, 4) is 0 Å². The number of allylic oxidation sites excluding steroid dienone is 6. The van der Waals surface area contributed by atoms with Gasteiger partial charge in [-0.3, -0.25) is 18.6 Å². The van der Waals surface area contributed by atoms with Crippen LogP contribution in [0.15, 0.2) is 36.5 Å². The van der Waals surface area contributed by atoms with Gasteiger partial charge in [-0.25, -0.2) is 4.57 Å². The Kier molecular flexibility index (Phi) is 33.8. The highest BCUT2D eigenvalue weighted by Crippen LogP contribution is 2.43. The third kappa shape index (κ3) is 38.0. The fourth-order valence-electron chi connectivity index (χ4n) is 5.38. The molecule has 0 aromatic carbocycles. The molecule has 9 nitrogen and oxygen atoms in total. The van der Waals surface area contributed by atoms with Gasteiger partial charge >= 0.3 is 19.8 Å². The lowest BCUT2D eigenvalue weighted by atomic mass is 10.1. The van der Waals surface area contributed by atoms with Crippen molar-refractivity contribution in [3.63, 3.8) is 0 Å². The number of esters is 2. The summed E-state index contributed by atoms with van der Waals surface area (Å²) in [5.41, 5.74) is 0. The first-order chi connectivity index (χ1) is 25.0. The molecule has 0 saturated carbocycles. The number of hydrogen-bond donors (Lipinski definition) is 1. The molecular weight excluding hydrogens is 677 g/mol. The summed E-state index contributed by atoms with van der Waals surface area (Å²) in [4.78, 5) is 35.2. The molecule has 0 amide bonds. The van der Waals surface area contributed by atoms with Crippen molar-refractivity contribution >= 4 is 19.8 Å². The van der Waals surface area contributed by atoms with Crippen LogP contribution in [0.4, 0.5) is 0 Å². The highest BCUT2D eigenvalue weighted by Gasteiger charge is 2.27. The minimum Gasteiger partial charge on any atom is -0.462 e. The Morgan fingerprint density at radius 3 is 1.56 bits per heavy atom. The van der Waals surface area contributed by atoms with Gasteiger partial charge in [-0.05, 0) is 44.9 Å². The van der Waals surface area contributed by atoms with E-state index in [4.69, 9.17) is 18.5 Å². The fourth-order valence-corrected chi connectivity index (χ4v) is 6.12. The molecule has 2 atom stereocenters. The molecule has 0 spiro atoms. The van der Waals surface area contributed by atoms with E-state index in [1.165, 1.54) is 103 Å². The maximum atomic E-state index is 12.6. The van der Waals surface area contributed by atoms with Crippen LogP contribution in [0.5, 0.6) is 0 Å². The second-order valence-electron chi connectivity index (χ2n) is 15.0. The zero-order chi connectivity index (χ0) is 38.6. The molecule has 0 aromatic rings. The summed E-state index contributed by atoms with van der Waals surface area (Å²) in [7, 11) is 1.43. The minimum atomic E-state index is -4.39. The monoisotopic (exact) mass is 757 g/mol. The number of quaternary nitrogens is 1. The number of phosphoric acid groups is 1. The standard InChI is InChI=1S/C42H78NO8P/c1-6-8-10-12-14-16-18-20-21-23-25-27-29-31-33-35-42(45)51-40(39-50-52(46,47)49-37-36-43(3,4)5)38-48-41(44)34-32-30-28-26-24-22-19-17-15-13-11-9-7-2/h23,25,28-31,40H,6-22,24,26-27,32-39H2,1-5H3/p+1/b25-23-,30-28-,31-29-. The number of nitrogens with zero attached hydrogens (tertiary/aromatic N) is 1. The molecule has 52 heavy (non-hydrogen) atoms. The Bertz CT molecular complexity index is 991. The van der Waals surface area contributed by atoms with Crippen molar-refractivity contribution in [1.82, 2.24) is 0 Å². The summed E-state index contributed by atoms with van der Waals surface area (Å²) >= 11 is 0. The quantitative estimate of drug-likeness (QED) is 0.0219. The third-order valence-corrected chi connectivity index (χ3v) is 9.65. The van der Waals surface area contributed by atoms with Crippen molar-refractivity contribution in [2.75, 3.05) is 47.5 Å². The summed E-state index contributed by atoms with van der Waals surface area (Å²) < 4.78 is 34.1. The maximum Gasteiger partial charge on any atom is 0.472 e.